The minimum absolute atomic E-state index is 0.181. The number of methoxy groups -OCH3 is 1. The third-order valence-corrected chi connectivity index (χ3v) is 3.43. The van der Waals surface area contributed by atoms with Crippen LogP contribution in [0.15, 0.2) is 27.2 Å². The molecule has 2 aromatic rings. The Morgan fingerprint density at radius 3 is 2.84 bits per heavy atom. The Hall–Kier alpha value is -1.40. The predicted molar refractivity (Wildman–Crippen MR) is 75.0 cm³/mol. The van der Waals surface area contributed by atoms with Crippen LogP contribution in [0.1, 0.15) is 30.2 Å². The van der Waals surface area contributed by atoms with Crippen molar-refractivity contribution in [3.63, 3.8) is 0 Å². The molecule has 1 N–H and O–H groups in total. The van der Waals surface area contributed by atoms with E-state index in [4.69, 9.17) is 9.26 Å². The predicted octanol–water partition coefficient (Wildman–Crippen LogP) is 3.00. The van der Waals surface area contributed by atoms with Gasteiger partial charge < -0.3 is 14.6 Å². The highest BCUT2D eigenvalue weighted by Gasteiger charge is 2.09. The van der Waals surface area contributed by atoms with Gasteiger partial charge in [0, 0.05) is 13.0 Å². The molecule has 0 fully saturated rings. The van der Waals surface area contributed by atoms with Crippen molar-refractivity contribution in [2.75, 3.05) is 7.11 Å². The number of benzene rings is 1. The second kappa shape index (κ2) is 6.16. The van der Waals surface area contributed by atoms with Gasteiger partial charge in [0.1, 0.15) is 5.75 Å². The van der Waals surface area contributed by atoms with Crippen molar-refractivity contribution in [2.24, 2.45) is 0 Å². The second-order valence-electron chi connectivity index (χ2n) is 4.23. The number of nitrogens with zero attached hydrogens (tertiary/aromatic N) is 2. The van der Waals surface area contributed by atoms with Crippen molar-refractivity contribution >= 4 is 15.9 Å². The van der Waals surface area contributed by atoms with Gasteiger partial charge in [0.25, 0.3) is 0 Å². The Balaban J connectivity index is 1.99. The third-order valence-electron chi connectivity index (χ3n) is 2.81. The third kappa shape index (κ3) is 3.54. The summed E-state index contributed by atoms with van der Waals surface area (Å²) in [5, 5.41) is 7.20. The maximum absolute atomic E-state index is 5.21. The summed E-state index contributed by atoms with van der Waals surface area (Å²) in [7, 11) is 1.65. The molecular formula is C13H16BrN3O2. The van der Waals surface area contributed by atoms with Crippen LogP contribution in [0, 0.1) is 6.92 Å². The van der Waals surface area contributed by atoms with E-state index in [0.717, 1.165) is 15.8 Å². The lowest BCUT2D eigenvalue weighted by Gasteiger charge is -2.14. The molecule has 0 aliphatic carbocycles. The van der Waals surface area contributed by atoms with Gasteiger partial charge in [-0.3, -0.25) is 0 Å². The van der Waals surface area contributed by atoms with Crippen LogP contribution in [0.5, 0.6) is 5.75 Å². The van der Waals surface area contributed by atoms with Crippen molar-refractivity contribution in [3.05, 3.63) is 40.0 Å². The van der Waals surface area contributed by atoms with Crippen LogP contribution in [0.3, 0.4) is 0 Å². The van der Waals surface area contributed by atoms with Gasteiger partial charge in [0.05, 0.1) is 18.1 Å². The number of ether oxygens (including phenoxy) is 1. The standard InChI is InChI=1S/C13H16BrN3O2/c1-8(15-7-13-16-9(2)19-17-13)10-4-5-12(18-3)11(14)6-10/h4-6,8,15H,7H2,1-3H3/t8-/m0/s1. The molecular weight excluding hydrogens is 310 g/mol. The smallest absolute Gasteiger partial charge is 0.223 e. The van der Waals surface area contributed by atoms with E-state index in [1.54, 1.807) is 14.0 Å². The molecule has 0 aliphatic heterocycles. The van der Waals surface area contributed by atoms with E-state index in [1.807, 2.05) is 18.2 Å². The van der Waals surface area contributed by atoms with Gasteiger partial charge in [0.15, 0.2) is 5.82 Å². The molecule has 0 aliphatic rings. The first kappa shape index (κ1) is 14.0. The summed E-state index contributed by atoms with van der Waals surface area (Å²) in [5.74, 6) is 2.07. The van der Waals surface area contributed by atoms with Gasteiger partial charge >= 0.3 is 0 Å². The molecule has 1 heterocycles. The summed E-state index contributed by atoms with van der Waals surface area (Å²) in [5.41, 5.74) is 1.16. The lowest BCUT2D eigenvalue weighted by Crippen LogP contribution is -2.18. The molecule has 102 valence electrons. The minimum atomic E-state index is 0.181. The van der Waals surface area contributed by atoms with Gasteiger partial charge in [-0.2, -0.15) is 4.98 Å². The van der Waals surface area contributed by atoms with Crippen LogP contribution in [0.2, 0.25) is 0 Å². The molecule has 19 heavy (non-hydrogen) atoms. The van der Waals surface area contributed by atoms with Crippen LogP contribution in [-0.2, 0) is 6.54 Å². The maximum Gasteiger partial charge on any atom is 0.223 e. The first-order valence-corrected chi connectivity index (χ1v) is 6.75. The quantitative estimate of drug-likeness (QED) is 0.915. The van der Waals surface area contributed by atoms with Crippen LogP contribution >= 0.6 is 15.9 Å². The number of hydrogen-bond acceptors (Lipinski definition) is 5. The average molecular weight is 326 g/mol. The highest BCUT2D eigenvalue weighted by Crippen LogP contribution is 2.27. The summed E-state index contributed by atoms with van der Waals surface area (Å²) in [6.07, 6.45) is 0. The fourth-order valence-corrected chi connectivity index (χ4v) is 2.29. The van der Waals surface area contributed by atoms with E-state index >= 15 is 0 Å². The van der Waals surface area contributed by atoms with E-state index < -0.39 is 0 Å². The number of aromatic nitrogens is 2. The number of hydrogen-bond donors (Lipinski definition) is 1. The first-order valence-electron chi connectivity index (χ1n) is 5.96. The van der Waals surface area contributed by atoms with Gasteiger partial charge in [-0.15, -0.1) is 0 Å². The summed E-state index contributed by atoms with van der Waals surface area (Å²) < 4.78 is 11.1. The molecule has 0 saturated carbocycles. The molecule has 0 bridgehead atoms. The molecule has 0 unspecified atom stereocenters. The molecule has 0 spiro atoms. The van der Waals surface area contributed by atoms with Crippen LogP contribution < -0.4 is 10.1 Å². The highest BCUT2D eigenvalue weighted by atomic mass is 79.9. The van der Waals surface area contributed by atoms with Gasteiger partial charge in [0.2, 0.25) is 5.89 Å². The normalized spacial score (nSPS) is 12.4. The lowest BCUT2D eigenvalue weighted by molar-refractivity contribution is 0.384. The fourth-order valence-electron chi connectivity index (χ4n) is 1.73. The highest BCUT2D eigenvalue weighted by molar-refractivity contribution is 9.10. The Labute approximate surface area is 120 Å². The summed E-state index contributed by atoms with van der Waals surface area (Å²) >= 11 is 3.48. The number of halogens is 1. The van der Waals surface area contributed by atoms with Gasteiger partial charge in [-0.1, -0.05) is 11.2 Å². The SMILES string of the molecule is COc1ccc([C@H](C)NCc2noc(C)n2)cc1Br. The van der Waals surface area contributed by atoms with E-state index in [0.29, 0.717) is 18.3 Å². The van der Waals surface area contributed by atoms with Crippen molar-refractivity contribution < 1.29 is 9.26 Å². The number of nitrogens with one attached hydrogen (secondary N) is 1. The fraction of sp³-hybridized carbons (Fsp3) is 0.385. The van der Waals surface area contributed by atoms with E-state index in [2.05, 4.69) is 38.3 Å². The molecule has 0 saturated heterocycles. The monoisotopic (exact) mass is 325 g/mol. The largest absolute Gasteiger partial charge is 0.496 e. The zero-order valence-electron chi connectivity index (χ0n) is 11.1. The first-order chi connectivity index (χ1) is 9.10. The van der Waals surface area contributed by atoms with Crippen LogP contribution in [0.25, 0.3) is 0 Å². The van der Waals surface area contributed by atoms with Crippen molar-refractivity contribution in [2.45, 2.75) is 26.4 Å². The minimum Gasteiger partial charge on any atom is -0.496 e. The van der Waals surface area contributed by atoms with Crippen molar-refractivity contribution in [1.29, 1.82) is 0 Å². The van der Waals surface area contributed by atoms with E-state index in [-0.39, 0.29) is 6.04 Å². The average Bonchev–Trinajstić information content (AvgIpc) is 2.81. The molecule has 6 heteroatoms. The Morgan fingerprint density at radius 1 is 1.47 bits per heavy atom. The van der Waals surface area contributed by atoms with E-state index in [1.165, 1.54) is 0 Å². The Kier molecular flexibility index (Phi) is 4.55. The van der Waals surface area contributed by atoms with Gasteiger partial charge in [-0.05, 0) is 40.5 Å². The molecule has 0 amide bonds. The Morgan fingerprint density at radius 2 is 2.26 bits per heavy atom. The maximum atomic E-state index is 5.21. The summed E-state index contributed by atoms with van der Waals surface area (Å²) in [6, 6.07) is 6.19. The zero-order valence-corrected chi connectivity index (χ0v) is 12.7. The summed E-state index contributed by atoms with van der Waals surface area (Å²) in [6.45, 7) is 4.43. The number of rotatable bonds is 5. The van der Waals surface area contributed by atoms with Crippen LogP contribution in [0.4, 0.5) is 0 Å². The molecule has 1 aromatic heterocycles. The molecule has 1 atom stereocenters. The Bertz CT molecular complexity index is 557. The van der Waals surface area contributed by atoms with Gasteiger partial charge in [-0.25, -0.2) is 0 Å². The molecule has 0 radical (unpaired) electrons. The molecule has 1 aromatic carbocycles. The second-order valence-corrected chi connectivity index (χ2v) is 5.08. The van der Waals surface area contributed by atoms with Crippen molar-refractivity contribution in [1.82, 2.24) is 15.5 Å². The topological polar surface area (TPSA) is 60.2 Å². The van der Waals surface area contributed by atoms with E-state index in [9.17, 15) is 0 Å². The van der Waals surface area contributed by atoms with Crippen LogP contribution in [-0.4, -0.2) is 17.3 Å². The summed E-state index contributed by atoms with van der Waals surface area (Å²) in [4.78, 5) is 4.15. The lowest BCUT2D eigenvalue weighted by atomic mass is 10.1. The zero-order chi connectivity index (χ0) is 13.8. The number of aryl methyl sites for hydroxylation is 1. The molecule has 5 nitrogen and oxygen atoms in total. The molecule has 2 rings (SSSR count). The van der Waals surface area contributed by atoms with Crippen molar-refractivity contribution in [3.8, 4) is 5.75 Å².